The van der Waals surface area contributed by atoms with Crippen LogP contribution in [-0.4, -0.2) is 35.0 Å². The Kier molecular flexibility index (Phi) is 3.37. The van der Waals surface area contributed by atoms with Crippen LogP contribution in [0.4, 0.5) is 0 Å². The first-order valence-electron chi connectivity index (χ1n) is 5.35. The third-order valence-corrected chi connectivity index (χ3v) is 2.78. The van der Waals surface area contributed by atoms with Crippen LogP contribution >= 0.6 is 0 Å². The van der Waals surface area contributed by atoms with Crippen molar-refractivity contribution in [1.82, 2.24) is 4.90 Å². The van der Waals surface area contributed by atoms with Crippen molar-refractivity contribution in [2.45, 2.75) is 33.6 Å². The Bertz CT molecular complexity index is 261. The van der Waals surface area contributed by atoms with Gasteiger partial charge in [0.2, 0.25) is 5.91 Å². The molecule has 0 aromatic carbocycles. The van der Waals surface area contributed by atoms with Crippen molar-refractivity contribution < 1.29 is 14.7 Å². The molecule has 0 aromatic rings. The Morgan fingerprint density at radius 3 is 2.00 bits per heavy atom. The van der Waals surface area contributed by atoms with E-state index in [2.05, 4.69) is 0 Å². The molecule has 0 saturated carbocycles. The standard InChI is InChI=1S/C11H19NO3/c1-11(2,3)8(10(14)15)9(13)12-6-4-5-7-12/h8H,4-7H2,1-3H3,(H,14,15). The van der Waals surface area contributed by atoms with E-state index in [9.17, 15) is 9.59 Å². The monoisotopic (exact) mass is 213 g/mol. The van der Waals surface area contributed by atoms with E-state index < -0.39 is 17.3 Å². The van der Waals surface area contributed by atoms with Gasteiger partial charge in [-0.3, -0.25) is 9.59 Å². The lowest BCUT2D eigenvalue weighted by molar-refractivity contribution is -0.155. The van der Waals surface area contributed by atoms with Gasteiger partial charge in [0.05, 0.1) is 0 Å². The average Bonchev–Trinajstić information content (AvgIpc) is 2.51. The summed E-state index contributed by atoms with van der Waals surface area (Å²) in [5.41, 5.74) is -0.522. The molecule has 1 aliphatic heterocycles. The Labute approximate surface area is 90.3 Å². The zero-order valence-corrected chi connectivity index (χ0v) is 9.62. The predicted molar refractivity (Wildman–Crippen MR) is 56.4 cm³/mol. The van der Waals surface area contributed by atoms with Crippen molar-refractivity contribution in [3.63, 3.8) is 0 Å². The average molecular weight is 213 g/mol. The van der Waals surface area contributed by atoms with Crippen molar-refractivity contribution >= 4 is 11.9 Å². The molecule has 1 heterocycles. The number of rotatable bonds is 2. The van der Waals surface area contributed by atoms with Crippen LogP contribution in [0.3, 0.4) is 0 Å². The van der Waals surface area contributed by atoms with Crippen LogP contribution in [-0.2, 0) is 9.59 Å². The van der Waals surface area contributed by atoms with Gasteiger partial charge in [0.15, 0.2) is 0 Å². The van der Waals surface area contributed by atoms with E-state index in [-0.39, 0.29) is 5.91 Å². The predicted octanol–water partition coefficient (Wildman–Crippen LogP) is 1.36. The van der Waals surface area contributed by atoms with E-state index in [0.29, 0.717) is 13.1 Å². The molecule has 1 unspecified atom stereocenters. The molecule has 0 spiro atoms. The number of aliphatic carboxylic acids is 1. The molecule has 1 atom stereocenters. The Morgan fingerprint density at radius 1 is 1.20 bits per heavy atom. The van der Waals surface area contributed by atoms with Gasteiger partial charge in [-0.25, -0.2) is 0 Å². The summed E-state index contributed by atoms with van der Waals surface area (Å²) < 4.78 is 0. The van der Waals surface area contributed by atoms with E-state index >= 15 is 0 Å². The van der Waals surface area contributed by atoms with Gasteiger partial charge in [0.25, 0.3) is 0 Å². The molecular weight excluding hydrogens is 194 g/mol. The van der Waals surface area contributed by atoms with Gasteiger partial charge in [-0.1, -0.05) is 20.8 Å². The minimum Gasteiger partial charge on any atom is -0.481 e. The zero-order chi connectivity index (χ0) is 11.6. The molecule has 1 aliphatic rings. The minimum atomic E-state index is -1.01. The van der Waals surface area contributed by atoms with E-state index in [1.807, 2.05) is 0 Å². The van der Waals surface area contributed by atoms with Crippen LogP contribution < -0.4 is 0 Å². The van der Waals surface area contributed by atoms with Crippen molar-refractivity contribution in [2.24, 2.45) is 11.3 Å². The maximum atomic E-state index is 12.0. The summed E-state index contributed by atoms with van der Waals surface area (Å²) >= 11 is 0. The molecule has 0 radical (unpaired) electrons. The van der Waals surface area contributed by atoms with Crippen molar-refractivity contribution in [3.05, 3.63) is 0 Å². The van der Waals surface area contributed by atoms with Crippen LogP contribution in [0.1, 0.15) is 33.6 Å². The molecule has 4 nitrogen and oxygen atoms in total. The van der Waals surface area contributed by atoms with E-state index in [4.69, 9.17) is 5.11 Å². The third-order valence-electron chi connectivity index (χ3n) is 2.78. The molecular formula is C11H19NO3. The molecule has 86 valence electrons. The van der Waals surface area contributed by atoms with Crippen molar-refractivity contribution in [3.8, 4) is 0 Å². The fourth-order valence-electron chi connectivity index (χ4n) is 1.97. The highest BCUT2D eigenvalue weighted by molar-refractivity contribution is 5.97. The summed E-state index contributed by atoms with van der Waals surface area (Å²) in [6.45, 7) is 6.79. The van der Waals surface area contributed by atoms with Crippen LogP contribution in [0, 0.1) is 11.3 Å². The Morgan fingerprint density at radius 2 is 1.67 bits per heavy atom. The third kappa shape index (κ3) is 2.70. The number of carboxylic acid groups (broad SMARTS) is 1. The fourth-order valence-corrected chi connectivity index (χ4v) is 1.97. The maximum Gasteiger partial charge on any atom is 0.316 e. The molecule has 1 N–H and O–H groups in total. The highest BCUT2D eigenvalue weighted by Crippen LogP contribution is 2.29. The largest absolute Gasteiger partial charge is 0.481 e. The number of carboxylic acids is 1. The maximum absolute atomic E-state index is 12.0. The second-order valence-electron chi connectivity index (χ2n) is 5.17. The summed E-state index contributed by atoms with van der Waals surface area (Å²) in [5.74, 6) is -2.16. The number of carbonyl (C=O) groups is 2. The fraction of sp³-hybridized carbons (Fsp3) is 0.818. The molecule has 4 heteroatoms. The highest BCUT2D eigenvalue weighted by atomic mass is 16.4. The van der Waals surface area contributed by atoms with Gasteiger partial charge in [0.1, 0.15) is 5.92 Å². The number of hydrogen-bond acceptors (Lipinski definition) is 2. The second-order valence-corrected chi connectivity index (χ2v) is 5.17. The molecule has 0 bridgehead atoms. The summed E-state index contributed by atoms with van der Waals surface area (Å²) in [6.07, 6.45) is 1.98. The molecule has 1 amide bonds. The van der Waals surface area contributed by atoms with Gasteiger partial charge in [-0.15, -0.1) is 0 Å². The number of amides is 1. The van der Waals surface area contributed by atoms with E-state index in [1.165, 1.54) is 0 Å². The molecule has 0 aromatic heterocycles. The quantitative estimate of drug-likeness (QED) is 0.704. The molecule has 1 rings (SSSR count). The SMILES string of the molecule is CC(C)(C)C(C(=O)O)C(=O)N1CCCC1. The smallest absolute Gasteiger partial charge is 0.316 e. The van der Waals surface area contributed by atoms with Crippen LogP contribution in [0.2, 0.25) is 0 Å². The number of hydrogen-bond donors (Lipinski definition) is 1. The van der Waals surface area contributed by atoms with Crippen molar-refractivity contribution in [2.75, 3.05) is 13.1 Å². The lowest BCUT2D eigenvalue weighted by Gasteiger charge is -2.29. The minimum absolute atomic E-state index is 0.229. The topological polar surface area (TPSA) is 57.6 Å². The van der Waals surface area contributed by atoms with Gasteiger partial charge in [-0.2, -0.15) is 0 Å². The molecule has 0 aliphatic carbocycles. The molecule has 1 fully saturated rings. The highest BCUT2D eigenvalue weighted by Gasteiger charge is 2.40. The number of nitrogens with zero attached hydrogens (tertiary/aromatic N) is 1. The van der Waals surface area contributed by atoms with Crippen LogP contribution in [0.15, 0.2) is 0 Å². The van der Waals surface area contributed by atoms with Gasteiger partial charge >= 0.3 is 5.97 Å². The van der Waals surface area contributed by atoms with Gasteiger partial charge < -0.3 is 10.0 Å². The number of carbonyl (C=O) groups excluding carboxylic acids is 1. The summed E-state index contributed by atoms with van der Waals surface area (Å²) in [5, 5.41) is 9.09. The van der Waals surface area contributed by atoms with E-state index in [1.54, 1.807) is 25.7 Å². The van der Waals surface area contributed by atoms with Crippen LogP contribution in [0.25, 0.3) is 0 Å². The first kappa shape index (κ1) is 12.0. The zero-order valence-electron chi connectivity index (χ0n) is 9.62. The first-order chi connectivity index (χ1) is 6.84. The lowest BCUT2D eigenvalue weighted by atomic mass is 9.80. The van der Waals surface area contributed by atoms with Crippen LogP contribution in [0.5, 0.6) is 0 Å². The lowest BCUT2D eigenvalue weighted by Crippen LogP contribution is -2.44. The summed E-state index contributed by atoms with van der Waals surface area (Å²) in [4.78, 5) is 24.7. The molecule has 1 saturated heterocycles. The first-order valence-corrected chi connectivity index (χ1v) is 5.35. The second kappa shape index (κ2) is 4.21. The summed E-state index contributed by atoms with van der Waals surface area (Å²) in [7, 11) is 0. The van der Waals surface area contributed by atoms with Gasteiger partial charge in [-0.05, 0) is 18.3 Å². The Hall–Kier alpha value is -1.06. The molecule has 15 heavy (non-hydrogen) atoms. The van der Waals surface area contributed by atoms with Gasteiger partial charge in [0, 0.05) is 13.1 Å². The van der Waals surface area contributed by atoms with Crippen molar-refractivity contribution in [1.29, 1.82) is 0 Å². The normalized spacial score (nSPS) is 19.0. The number of likely N-dealkylation sites (tertiary alicyclic amines) is 1. The van der Waals surface area contributed by atoms with E-state index in [0.717, 1.165) is 12.8 Å². The Balaban J connectivity index is 2.80. The summed E-state index contributed by atoms with van der Waals surface area (Å²) in [6, 6.07) is 0.